The molecule has 0 bridgehead atoms. The molecule has 0 spiro atoms. The van der Waals surface area contributed by atoms with Crippen molar-refractivity contribution in [3.63, 3.8) is 0 Å². The van der Waals surface area contributed by atoms with Gasteiger partial charge in [-0.05, 0) is 13.8 Å². The summed E-state index contributed by atoms with van der Waals surface area (Å²) in [4.78, 5) is 0. The Labute approximate surface area is 70.0 Å². The number of hydrogen-bond acceptors (Lipinski definition) is 3. The monoisotopic (exact) mass is 166 g/mol. The first-order chi connectivity index (χ1) is 4.13. The second-order valence-electron chi connectivity index (χ2n) is 2.24. The highest BCUT2D eigenvalue weighted by atomic mass is 16.5. The van der Waals surface area contributed by atoms with E-state index in [0.717, 1.165) is 0 Å². The van der Waals surface area contributed by atoms with E-state index in [2.05, 4.69) is 0 Å². The highest BCUT2D eigenvalue weighted by Crippen LogP contribution is 1.85. The van der Waals surface area contributed by atoms with Gasteiger partial charge < -0.3 is 14.9 Å². The quantitative estimate of drug-likeness (QED) is 0.656. The van der Waals surface area contributed by atoms with Gasteiger partial charge in [0.25, 0.3) is 0 Å². The van der Waals surface area contributed by atoms with E-state index in [9.17, 15) is 0 Å². The number of aliphatic hydroxyl groups is 2. The minimum absolute atomic E-state index is 0. The van der Waals surface area contributed by atoms with Crippen molar-refractivity contribution in [1.82, 2.24) is 0 Å². The maximum atomic E-state index is 8.66. The summed E-state index contributed by atoms with van der Waals surface area (Å²) in [5, 5.41) is 17.3. The zero-order valence-electron chi connectivity index (χ0n) is 5.87. The van der Waals surface area contributed by atoms with Crippen LogP contribution < -0.4 is 0 Å². The van der Waals surface area contributed by atoms with Gasteiger partial charge in [0.2, 0.25) is 0 Å². The van der Waals surface area contributed by atoms with Crippen molar-refractivity contribution in [2.75, 3.05) is 13.2 Å². The smallest absolute Gasteiger partial charge is 0.0745 e. The number of ether oxygens (including phenoxy) is 1. The fraction of sp³-hybridized carbons (Fsp3) is 1.00. The van der Waals surface area contributed by atoms with Crippen LogP contribution >= 0.6 is 0 Å². The number of rotatable bonds is 4. The summed E-state index contributed by atoms with van der Waals surface area (Å²) in [7, 11) is 0. The van der Waals surface area contributed by atoms with E-state index in [1.54, 1.807) is 13.8 Å². The van der Waals surface area contributed by atoms with Gasteiger partial charge in [0.1, 0.15) is 0 Å². The van der Waals surface area contributed by atoms with E-state index in [4.69, 9.17) is 14.9 Å². The van der Waals surface area contributed by atoms with Crippen LogP contribution in [-0.4, -0.2) is 35.6 Å². The zero-order valence-corrected chi connectivity index (χ0v) is 5.87. The maximum Gasteiger partial charge on any atom is 0.0745 e. The van der Waals surface area contributed by atoms with E-state index in [1.807, 2.05) is 0 Å². The topological polar surface area (TPSA) is 49.7 Å². The molecular weight excluding hydrogens is 144 g/mol. The zero-order chi connectivity index (χ0) is 7.28. The van der Waals surface area contributed by atoms with E-state index >= 15 is 0 Å². The predicted octanol–water partition coefficient (Wildman–Crippen LogP) is 1.04. The van der Waals surface area contributed by atoms with Crippen LogP contribution in [0.3, 0.4) is 0 Å². The lowest BCUT2D eigenvalue weighted by atomic mass is 10.4. The van der Waals surface area contributed by atoms with Crippen molar-refractivity contribution in [3.05, 3.63) is 0 Å². The minimum Gasteiger partial charge on any atom is -0.391 e. The molecule has 11 heavy (non-hydrogen) atoms. The fourth-order valence-corrected chi connectivity index (χ4v) is 0.409. The molecule has 72 valence electrons. The van der Waals surface area contributed by atoms with Gasteiger partial charge in [0.05, 0.1) is 25.4 Å². The van der Waals surface area contributed by atoms with Crippen LogP contribution in [0.25, 0.3) is 0 Å². The van der Waals surface area contributed by atoms with Crippen LogP contribution in [-0.2, 0) is 4.74 Å². The average molecular weight is 166 g/mol. The molecule has 0 radical (unpaired) electrons. The summed E-state index contributed by atoms with van der Waals surface area (Å²) in [6, 6.07) is 0. The van der Waals surface area contributed by atoms with E-state index in [0.29, 0.717) is 13.2 Å². The molecule has 0 saturated heterocycles. The van der Waals surface area contributed by atoms with E-state index < -0.39 is 12.2 Å². The van der Waals surface area contributed by atoms with Crippen molar-refractivity contribution in [3.8, 4) is 0 Å². The van der Waals surface area contributed by atoms with Gasteiger partial charge in [-0.3, -0.25) is 0 Å². The van der Waals surface area contributed by atoms with Crippen LogP contribution in [0.2, 0.25) is 0 Å². The van der Waals surface area contributed by atoms with Gasteiger partial charge in [-0.15, -0.1) is 0 Å². The summed E-state index contributed by atoms with van der Waals surface area (Å²) in [5.74, 6) is 0. The predicted molar refractivity (Wildman–Crippen MR) is 47.6 cm³/mol. The van der Waals surface area contributed by atoms with Crippen molar-refractivity contribution in [1.29, 1.82) is 0 Å². The molecule has 0 rings (SSSR count). The molecule has 3 nitrogen and oxygen atoms in total. The minimum atomic E-state index is -0.441. The van der Waals surface area contributed by atoms with Crippen molar-refractivity contribution in [2.24, 2.45) is 0 Å². The van der Waals surface area contributed by atoms with Crippen molar-refractivity contribution in [2.45, 2.75) is 40.9 Å². The molecule has 3 heteroatoms. The molecule has 2 N–H and O–H groups in total. The Morgan fingerprint density at radius 2 is 1.27 bits per heavy atom. The molecule has 0 amide bonds. The molecular formula is C8H22O3. The second kappa shape index (κ2) is 9.88. The lowest BCUT2D eigenvalue weighted by molar-refractivity contribution is 0.00392. The molecule has 0 fully saturated rings. The van der Waals surface area contributed by atoms with Crippen LogP contribution in [0.5, 0.6) is 0 Å². The largest absolute Gasteiger partial charge is 0.391 e. The standard InChI is InChI=1S/C6H14O3.2CH4/c1-5(7)3-9-4-6(2)8;;/h5-8H,3-4H2,1-2H3;2*1H4. The molecule has 0 aromatic heterocycles. The maximum absolute atomic E-state index is 8.66. The molecule has 0 heterocycles. The van der Waals surface area contributed by atoms with Crippen molar-refractivity contribution >= 4 is 0 Å². The van der Waals surface area contributed by atoms with Crippen LogP contribution in [0, 0.1) is 0 Å². The van der Waals surface area contributed by atoms with Gasteiger partial charge in [0.15, 0.2) is 0 Å². The highest BCUT2D eigenvalue weighted by Gasteiger charge is 1.97. The Balaban J connectivity index is -0.000000320. The molecule has 0 aromatic rings. The number of aliphatic hydroxyl groups excluding tert-OH is 2. The van der Waals surface area contributed by atoms with Gasteiger partial charge in [-0.2, -0.15) is 0 Å². The van der Waals surface area contributed by atoms with Gasteiger partial charge in [-0.1, -0.05) is 14.9 Å². The molecule has 0 aliphatic carbocycles. The lowest BCUT2D eigenvalue weighted by Crippen LogP contribution is -2.16. The van der Waals surface area contributed by atoms with E-state index in [-0.39, 0.29) is 14.9 Å². The van der Waals surface area contributed by atoms with Crippen LogP contribution in [0.15, 0.2) is 0 Å². The SMILES string of the molecule is C.C.CC(O)COCC(C)O. The molecule has 0 aliphatic heterocycles. The molecule has 0 aliphatic rings. The average Bonchev–Trinajstić information content (AvgIpc) is 1.63. The number of hydrogen-bond donors (Lipinski definition) is 2. The van der Waals surface area contributed by atoms with E-state index in [1.165, 1.54) is 0 Å². The summed E-state index contributed by atoms with van der Waals surface area (Å²) < 4.78 is 4.86. The highest BCUT2D eigenvalue weighted by molar-refractivity contribution is 4.44. The Hall–Kier alpha value is -0.120. The summed E-state index contributed by atoms with van der Waals surface area (Å²) in [6.45, 7) is 3.87. The Kier molecular flexibility index (Phi) is 15.4. The lowest BCUT2D eigenvalue weighted by Gasteiger charge is -2.06. The Bertz CT molecular complexity index is 54.4. The van der Waals surface area contributed by atoms with Crippen molar-refractivity contribution < 1.29 is 14.9 Å². The Morgan fingerprint density at radius 1 is 1.00 bits per heavy atom. The third-order valence-electron chi connectivity index (χ3n) is 0.718. The third kappa shape index (κ3) is 17.7. The first-order valence-corrected chi connectivity index (χ1v) is 3.06. The Morgan fingerprint density at radius 3 is 1.45 bits per heavy atom. The van der Waals surface area contributed by atoms with Crippen LogP contribution in [0.4, 0.5) is 0 Å². The van der Waals surface area contributed by atoms with Gasteiger partial charge in [0, 0.05) is 0 Å². The molecule has 0 saturated carbocycles. The first-order valence-electron chi connectivity index (χ1n) is 3.06. The first kappa shape index (κ1) is 17.1. The summed E-state index contributed by atoms with van der Waals surface area (Å²) >= 11 is 0. The fourth-order valence-electron chi connectivity index (χ4n) is 0.409. The van der Waals surface area contributed by atoms with Crippen LogP contribution in [0.1, 0.15) is 28.7 Å². The second-order valence-corrected chi connectivity index (χ2v) is 2.24. The van der Waals surface area contributed by atoms with Gasteiger partial charge in [-0.25, -0.2) is 0 Å². The third-order valence-corrected chi connectivity index (χ3v) is 0.718. The molecule has 2 atom stereocenters. The summed E-state index contributed by atoms with van der Waals surface area (Å²) in [6.07, 6.45) is -0.882. The summed E-state index contributed by atoms with van der Waals surface area (Å²) in [5.41, 5.74) is 0. The van der Waals surface area contributed by atoms with Gasteiger partial charge >= 0.3 is 0 Å². The molecule has 2 unspecified atom stereocenters. The molecule has 0 aromatic carbocycles. The normalized spacial score (nSPS) is 14.2.